The highest BCUT2D eigenvalue weighted by atomic mass is 16.7. The van der Waals surface area contributed by atoms with Crippen LogP contribution >= 0.6 is 0 Å². The number of carbonyl (C=O) groups is 2. The van der Waals surface area contributed by atoms with E-state index in [0.29, 0.717) is 23.5 Å². The molecule has 6 nitrogen and oxygen atoms in total. The summed E-state index contributed by atoms with van der Waals surface area (Å²) in [7, 11) is 0. The van der Waals surface area contributed by atoms with Crippen molar-refractivity contribution >= 4 is 11.9 Å². The average Bonchev–Trinajstić information content (AvgIpc) is 2.84. The summed E-state index contributed by atoms with van der Waals surface area (Å²) in [6.07, 6.45) is 0.451. The third-order valence-electron chi connectivity index (χ3n) is 2.73. The van der Waals surface area contributed by atoms with E-state index in [2.05, 4.69) is 0 Å². The molecule has 6 heteroatoms. The van der Waals surface area contributed by atoms with Crippen molar-refractivity contribution in [1.29, 1.82) is 0 Å². The number of esters is 2. The first-order valence-electron chi connectivity index (χ1n) is 6.41. The van der Waals surface area contributed by atoms with Gasteiger partial charge in [-0.05, 0) is 24.6 Å². The van der Waals surface area contributed by atoms with Gasteiger partial charge in [-0.15, -0.1) is 0 Å². The Hall–Kier alpha value is -2.50. The van der Waals surface area contributed by atoms with Gasteiger partial charge >= 0.3 is 11.9 Å². The SMILES string of the molecule is CC(=O)OC(OC(C)=O)=C(C)Cc1ccc2c(c1)OCO2. The highest BCUT2D eigenvalue weighted by Gasteiger charge is 2.16. The quantitative estimate of drug-likeness (QED) is 0.626. The smallest absolute Gasteiger partial charge is 0.310 e. The molecular weight excluding hydrogens is 276 g/mol. The topological polar surface area (TPSA) is 71.1 Å². The van der Waals surface area contributed by atoms with E-state index in [1.807, 2.05) is 18.2 Å². The molecule has 1 heterocycles. The number of allylic oxidation sites excluding steroid dienone is 1. The van der Waals surface area contributed by atoms with Crippen LogP contribution in [0.1, 0.15) is 26.3 Å². The Labute approximate surface area is 122 Å². The standard InChI is InChI=1S/C15H16O6/c1-9(15(20-10(2)16)21-11(3)17)6-12-4-5-13-14(7-12)19-8-18-13/h4-5,7H,6,8H2,1-3H3. The van der Waals surface area contributed by atoms with Gasteiger partial charge in [-0.3, -0.25) is 9.59 Å². The van der Waals surface area contributed by atoms with Crippen LogP contribution in [0.15, 0.2) is 29.7 Å². The fourth-order valence-electron chi connectivity index (χ4n) is 1.89. The summed E-state index contributed by atoms with van der Waals surface area (Å²) in [5.41, 5.74) is 1.55. The Balaban J connectivity index is 2.19. The fourth-order valence-corrected chi connectivity index (χ4v) is 1.89. The van der Waals surface area contributed by atoms with Crippen molar-refractivity contribution in [3.63, 3.8) is 0 Å². The molecule has 0 saturated carbocycles. The van der Waals surface area contributed by atoms with Gasteiger partial charge in [-0.25, -0.2) is 0 Å². The van der Waals surface area contributed by atoms with Gasteiger partial charge in [-0.1, -0.05) is 6.07 Å². The summed E-state index contributed by atoms with van der Waals surface area (Å²) in [5.74, 6) is 0.197. The monoisotopic (exact) mass is 292 g/mol. The Kier molecular flexibility index (Phi) is 4.47. The first kappa shape index (κ1) is 14.9. The van der Waals surface area contributed by atoms with E-state index >= 15 is 0 Å². The van der Waals surface area contributed by atoms with Gasteiger partial charge in [0.2, 0.25) is 6.79 Å². The van der Waals surface area contributed by atoms with Crippen molar-refractivity contribution < 1.29 is 28.5 Å². The number of hydrogen-bond acceptors (Lipinski definition) is 6. The van der Waals surface area contributed by atoms with Crippen molar-refractivity contribution in [2.24, 2.45) is 0 Å². The molecule has 0 spiro atoms. The lowest BCUT2D eigenvalue weighted by molar-refractivity contribution is -0.151. The third kappa shape index (κ3) is 3.98. The Morgan fingerprint density at radius 1 is 1.05 bits per heavy atom. The van der Waals surface area contributed by atoms with E-state index in [1.165, 1.54) is 13.8 Å². The maximum absolute atomic E-state index is 11.1. The second-order valence-electron chi connectivity index (χ2n) is 4.62. The van der Waals surface area contributed by atoms with E-state index in [4.69, 9.17) is 18.9 Å². The zero-order chi connectivity index (χ0) is 15.4. The Bertz CT molecular complexity index is 584. The van der Waals surface area contributed by atoms with Crippen LogP contribution in [0.2, 0.25) is 0 Å². The minimum atomic E-state index is -0.545. The first-order valence-corrected chi connectivity index (χ1v) is 6.41. The van der Waals surface area contributed by atoms with Crippen LogP contribution in [0.4, 0.5) is 0 Å². The molecule has 0 amide bonds. The average molecular weight is 292 g/mol. The molecule has 1 aromatic rings. The molecule has 1 aliphatic heterocycles. The molecule has 0 atom stereocenters. The molecular formula is C15H16O6. The van der Waals surface area contributed by atoms with E-state index in [-0.39, 0.29) is 12.7 Å². The van der Waals surface area contributed by atoms with Crippen LogP contribution < -0.4 is 9.47 Å². The van der Waals surface area contributed by atoms with Gasteiger partial charge in [0.1, 0.15) is 0 Å². The van der Waals surface area contributed by atoms with Crippen molar-refractivity contribution in [3.05, 3.63) is 35.3 Å². The minimum absolute atomic E-state index is 0.0762. The molecule has 0 unspecified atom stereocenters. The highest BCUT2D eigenvalue weighted by molar-refractivity contribution is 5.70. The molecule has 112 valence electrons. The van der Waals surface area contributed by atoms with Gasteiger partial charge < -0.3 is 18.9 Å². The number of rotatable bonds is 4. The molecule has 21 heavy (non-hydrogen) atoms. The lowest BCUT2D eigenvalue weighted by Gasteiger charge is -2.10. The number of benzene rings is 1. The van der Waals surface area contributed by atoms with Crippen LogP contribution in [0.25, 0.3) is 0 Å². The predicted octanol–water partition coefficient (Wildman–Crippen LogP) is 2.32. The molecule has 0 fully saturated rings. The molecule has 0 bridgehead atoms. The van der Waals surface area contributed by atoms with Gasteiger partial charge in [0.15, 0.2) is 11.5 Å². The van der Waals surface area contributed by atoms with Crippen LogP contribution in [0, 0.1) is 0 Å². The van der Waals surface area contributed by atoms with Crippen molar-refractivity contribution in [2.45, 2.75) is 27.2 Å². The maximum Gasteiger partial charge on any atom is 0.310 e. The van der Waals surface area contributed by atoms with Gasteiger partial charge in [-0.2, -0.15) is 0 Å². The predicted molar refractivity (Wildman–Crippen MR) is 72.5 cm³/mol. The second kappa shape index (κ2) is 6.30. The van der Waals surface area contributed by atoms with E-state index in [1.54, 1.807) is 6.92 Å². The largest absolute Gasteiger partial charge is 0.454 e. The summed E-state index contributed by atoms with van der Waals surface area (Å²) in [4.78, 5) is 22.1. The zero-order valence-corrected chi connectivity index (χ0v) is 12.1. The Morgan fingerprint density at radius 3 is 2.29 bits per heavy atom. The molecule has 0 radical (unpaired) electrons. The summed E-state index contributed by atoms with van der Waals surface area (Å²) < 4.78 is 20.4. The lowest BCUT2D eigenvalue weighted by Crippen LogP contribution is -2.09. The first-order chi connectivity index (χ1) is 9.95. The fraction of sp³-hybridized carbons (Fsp3) is 0.333. The Morgan fingerprint density at radius 2 is 1.67 bits per heavy atom. The molecule has 0 saturated heterocycles. The number of carbonyl (C=O) groups excluding carboxylic acids is 2. The van der Waals surface area contributed by atoms with E-state index in [9.17, 15) is 9.59 Å². The summed E-state index contributed by atoms with van der Waals surface area (Å²) in [6.45, 7) is 4.43. The van der Waals surface area contributed by atoms with E-state index in [0.717, 1.165) is 5.56 Å². The van der Waals surface area contributed by atoms with Crippen molar-refractivity contribution in [1.82, 2.24) is 0 Å². The number of fused-ring (bicyclic) bond motifs is 1. The third-order valence-corrected chi connectivity index (χ3v) is 2.73. The molecule has 0 N–H and O–H groups in total. The minimum Gasteiger partial charge on any atom is -0.454 e. The molecule has 1 aromatic carbocycles. The highest BCUT2D eigenvalue weighted by Crippen LogP contribution is 2.33. The number of ether oxygens (including phenoxy) is 4. The van der Waals surface area contributed by atoms with Crippen molar-refractivity contribution in [2.75, 3.05) is 6.79 Å². The van der Waals surface area contributed by atoms with Crippen LogP contribution in [-0.4, -0.2) is 18.7 Å². The molecule has 0 aliphatic carbocycles. The normalized spacial score (nSPS) is 11.8. The van der Waals surface area contributed by atoms with Crippen LogP contribution in [0.5, 0.6) is 11.5 Å². The molecule has 1 aliphatic rings. The molecule has 2 rings (SSSR count). The summed E-state index contributed by atoms with van der Waals surface area (Å²) in [6, 6.07) is 5.52. The lowest BCUT2D eigenvalue weighted by atomic mass is 10.1. The van der Waals surface area contributed by atoms with Gasteiger partial charge in [0.05, 0.1) is 0 Å². The zero-order valence-electron chi connectivity index (χ0n) is 12.1. The summed E-state index contributed by atoms with van der Waals surface area (Å²) in [5, 5.41) is 0. The van der Waals surface area contributed by atoms with E-state index < -0.39 is 11.9 Å². The van der Waals surface area contributed by atoms with Gasteiger partial charge in [0, 0.05) is 25.8 Å². The van der Waals surface area contributed by atoms with Gasteiger partial charge in [0.25, 0.3) is 5.95 Å². The van der Waals surface area contributed by atoms with Crippen molar-refractivity contribution in [3.8, 4) is 11.5 Å². The van der Waals surface area contributed by atoms with Crippen LogP contribution in [0.3, 0.4) is 0 Å². The second-order valence-corrected chi connectivity index (χ2v) is 4.62. The summed E-state index contributed by atoms with van der Waals surface area (Å²) >= 11 is 0. The maximum atomic E-state index is 11.1. The molecule has 0 aromatic heterocycles. The number of hydrogen-bond donors (Lipinski definition) is 0. The van der Waals surface area contributed by atoms with Crippen LogP contribution in [-0.2, 0) is 25.5 Å².